The third-order valence-corrected chi connectivity index (χ3v) is 3.87. The van der Waals surface area contributed by atoms with Gasteiger partial charge in [0.15, 0.2) is 11.3 Å². The molecule has 24 heavy (non-hydrogen) atoms. The maximum atomic E-state index is 11.7. The molecule has 2 aromatic carbocycles. The van der Waals surface area contributed by atoms with E-state index in [0.717, 1.165) is 22.5 Å². The van der Waals surface area contributed by atoms with Crippen LogP contribution in [-0.4, -0.2) is 20.3 Å². The maximum absolute atomic E-state index is 11.7. The molecule has 0 unspecified atom stereocenters. The lowest BCUT2D eigenvalue weighted by Gasteiger charge is -2.09. The topological polar surface area (TPSA) is 73.3 Å². The van der Waals surface area contributed by atoms with Gasteiger partial charge < -0.3 is 5.73 Å². The Morgan fingerprint density at radius 3 is 2.17 bits per heavy atom. The van der Waals surface area contributed by atoms with Crippen LogP contribution in [0.5, 0.6) is 0 Å². The molecule has 0 aliphatic rings. The van der Waals surface area contributed by atoms with Crippen molar-refractivity contribution >= 4 is 11.6 Å². The Balaban J connectivity index is 2.05. The average Bonchev–Trinajstić information content (AvgIpc) is 3.06. The van der Waals surface area contributed by atoms with E-state index in [9.17, 15) is 4.79 Å². The van der Waals surface area contributed by atoms with Crippen LogP contribution in [-0.2, 0) is 0 Å². The normalized spacial score (nSPS) is 10.8. The summed E-state index contributed by atoms with van der Waals surface area (Å²) in [6, 6.07) is 21.7. The standard InChI is InChI=1S/C19H14N4O/c20-18(24)17-19-22-15(13-7-3-1-4-8-13)11-16(23(19)12-21-17)14-9-5-2-6-10-14/h1-12H,(H2,20,24). The number of hydrogen-bond donors (Lipinski definition) is 1. The Morgan fingerprint density at radius 2 is 1.54 bits per heavy atom. The molecule has 0 atom stereocenters. The van der Waals surface area contributed by atoms with E-state index in [4.69, 9.17) is 5.73 Å². The first kappa shape index (κ1) is 14.1. The monoisotopic (exact) mass is 314 g/mol. The second-order valence-corrected chi connectivity index (χ2v) is 5.41. The van der Waals surface area contributed by atoms with Crippen LogP contribution >= 0.6 is 0 Å². The fraction of sp³-hybridized carbons (Fsp3) is 0. The zero-order chi connectivity index (χ0) is 16.5. The van der Waals surface area contributed by atoms with Gasteiger partial charge in [-0.25, -0.2) is 9.97 Å². The van der Waals surface area contributed by atoms with Crippen molar-refractivity contribution in [1.82, 2.24) is 14.4 Å². The highest BCUT2D eigenvalue weighted by Crippen LogP contribution is 2.27. The van der Waals surface area contributed by atoms with Crippen LogP contribution in [0, 0.1) is 0 Å². The number of amides is 1. The quantitative estimate of drug-likeness (QED) is 0.631. The van der Waals surface area contributed by atoms with Crippen LogP contribution < -0.4 is 5.73 Å². The number of benzene rings is 2. The van der Waals surface area contributed by atoms with Crippen molar-refractivity contribution in [3.05, 3.63) is 78.8 Å². The molecule has 4 rings (SSSR count). The molecular weight excluding hydrogens is 300 g/mol. The van der Waals surface area contributed by atoms with Crippen molar-refractivity contribution in [3.63, 3.8) is 0 Å². The van der Waals surface area contributed by atoms with Gasteiger partial charge in [0, 0.05) is 5.56 Å². The number of carbonyl (C=O) groups is 1. The van der Waals surface area contributed by atoms with Crippen LogP contribution in [0.1, 0.15) is 10.5 Å². The molecule has 2 N–H and O–H groups in total. The van der Waals surface area contributed by atoms with Crippen molar-refractivity contribution in [1.29, 1.82) is 0 Å². The smallest absolute Gasteiger partial charge is 0.271 e. The van der Waals surface area contributed by atoms with E-state index < -0.39 is 5.91 Å². The molecule has 1 amide bonds. The molecular formula is C19H14N4O. The van der Waals surface area contributed by atoms with Crippen molar-refractivity contribution < 1.29 is 4.79 Å². The Kier molecular flexibility index (Phi) is 3.31. The summed E-state index contributed by atoms with van der Waals surface area (Å²) in [6.07, 6.45) is 1.58. The van der Waals surface area contributed by atoms with Crippen LogP contribution in [0.25, 0.3) is 28.2 Å². The summed E-state index contributed by atoms with van der Waals surface area (Å²) in [5.74, 6) is -0.589. The predicted molar refractivity (Wildman–Crippen MR) is 92.4 cm³/mol. The number of hydrogen-bond acceptors (Lipinski definition) is 3. The average molecular weight is 314 g/mol. The molecule has 2 heterocycles. The van der Waals surface area contributed by atoms with E-state index in [1.54, 1.807) is 10.7 Å². The highest BCUT2D eigenvalue weighted by molar-refractivity contribution is 5.97. The van der Waals surface area contributed by atoms with E-state index in [0.29, 0.717) is 5.65 Å². The number of aromatic nitrogens is 3. The lowest BCUT2D eigenvalue weighted by Crippen LogP contribution is -2.12. The Bertz CT molecular complexity index is 1020. The van der Waals surface area contributed by atoms with Crippen molar-refractivity contribution in [2.24, 2.45) is 5.73 Å². The molecule has 4 aromatic rings. The third-order valence-electron chi connectivity index (χ3n) is 3.87. The predicted octanol–water partition coefficient (Wildman–Crippen LogP) is 3.16. The molecule has 5 heteroatoms. The number of fused-ring (bicyclic) bond motifs is 1. The van der Waals surface area contributed by atoms with Crippen molar-refractivity contribution in [2.45, 2.75) is 0 Å². The number of rotatable bonds is 3. The zero-order valence-electron chi connectivity index (χ0n) is 12.8. The minimum absolute atomic E-state index is 0.171. The van der Waals surface area contributed by atoms with Gasteiger partial charge in [-0.1, -0.05) is 60.7 Å². The molecule has 0 bridgehead atoms. The Hall–Kier alpha value is -3.47. The van der Waals surface area contributed by atoms with Gasteiger partial charge in [-0.3, -0.25) is 9.20 Å². The van der Waals surface area contributed by atoms with Gasteiger partial charge in [-0.2, -0.15) is 0 Å². The minimum Gasteiger partial charge on any atom is -0.364 e. The molecule has 0 radical (unpaired) electrons. The number of imidazole rings is 1. The summed E-state index contributed by atoms with van der Waals surface area (Å²) in [5, 5.41) is 0. The van der Waals surface area contributed by atoms with Gasteiger partial charge in [0.25, 0.3) is 5.91 Å². The summed E-state index contributed by atoms with van der Waals surface area (Å²) in [6.45, 7) is 0. The van der Waals surface area contributed by atoms with Gasteiger partial charge >= 0.3 is 0 Å². The fourth-order valence-electron chi connectivity index (χ4n) is 2.73. The first-order valence-electron chi connectivity index (χ1n) is 7.53. The van der Waals surface area contributed by atoms with E-state index >= 15 is 0 Å². The SMILES string of the molecule is NC(=O)c1ncn2c(-c3ccccc3)cc(-c3ccccc3)nc12. The molecule has 0 aliphatic heterocycles. The first-order valence-corrected chi connectivity index (χ1v) is 7.53. The second kappa shape index (κ2) is 5.62. The first-order chi connectivity index (χ1) is 11.7. The number of carbonyl (C=O) groups excluding carboxylic acids is 1. The highest BCUT2D eigenvalue weighted by atomic mass is 16.1. The molecule has 0 fully saturated rings. The number of nitrogens with two attached hydrogens (primary N) is 1. The minimum atomic E-state index is -0.589. The van der Waals surface area contributed by atoms with E-state index in [2.05, 4.69) is 9.97 Å². The summed E-state index contributed by atoms with van der Waals surface area (Å²) in [7, 11) is 0. The number of primary amides is 1. The lowest BCUT2D eigenvalue weighted by molar-refractivity contribution is 0.0997. The fourth-order valence-corrected chi connectivity index (χ4v) is 2.73. The van der Waals surface area contributed by atoms with Crippen molar-refractivity contribution in [2.75, 3.05) is 0 Å². The van der Waals surface area contributed by atoms with Gasteiger partial charge in [0.05, 0.1) is 11.4 Å². The molecule has 0 spiro atoms. The van der Waals surface area contributed by atoms with E-state index in [1.165, 1.54) is 0 Å². The van der Waals surface area contributed by atoms with E-state index in [-0.39, 0.29) is 5.69 Å². The van der Waals surface area contributed by atoms with Gasteiger partial charge in [0.2, 0.25) is 0 Å². The molecule has 5 nitrogen and oxygen atoms in total. The Labute approximate surface area is 138 Å². The largest absolute Gasteiger partial charge is 0.364 e. The second-order valence-electron chi connectivity index (χ2n) is 5.41. The summed E-state index contributed by atoms with van der Waals surface area (Å²) in [4.78, 5) is 20.4. The van der Waals surface area contributed by atoms with Gasteiger partial charge in [0.1, 0.15) is 6.33 Å². The Morgan fingerprint density at radius 1 is 0.917 bits per heavy atom. The highest BCUT2D eigenvalue weighted by Gasteiger charge is 2.16. The summed E-state index contributed by atoms with van der Waals surface area (Å²) < 4.78 is 1.79. The molecule has 116 valence electrons. The summed E-state index contributed by atoms with van der Waals surface area (Å²) in [5.41, 5.74) is 9.73. The zero-order valence-corrected chi connectivity index (χ0v) is 12.8. The molecule has 2 aromatic heterocycles. The van der Waals surface area contributed by atoms with Crippen LogP contribution in [0.3, 0.4) is 0 Å². The third kappa shape index (κ3) is 2.32. The van der Waals surface area contributed by atoms with Gasteiger partial charge in [-0.15, -0.1) is 0 Å². The van der Waals surface area contributed by atoms with Crippen LogP contribution in [0.2, 0.25) is 0 Å². The van der Waals surface area contributed by atoms with Crippen molar-refractivity contribution in [3.8, 4) is 22.5 Å². The maximum Gasteiger partial charge on any atom is 0.271 e. The number of nitrogens with zero attached hydrogens (tertiary/aromatic N) is 3. The van der Waals surface area contributed by atoms with Crippen LogP contribution in [0.15, 0.2) is 73.1 Å². The van der Waals surface area contributed by atoms with Crippen LogP contribution in [0.4, 0.5) is 0 Å². The molecule has 0 saturated carbocycles. The molecule has 0 saturated heterocycles. The van der Waals surface area contributed by atoms with E-state index in [1.807, 2.05) is 66.7 Å². The molecule has 0 aliphatic carbocycles. The summed E-state index contributed by atoms with van der Waals surface area (Å²) >= 11 is 0. The van der Waals surface area contributed by atoms with Gasteiger partial charge in [-0.05, 0) is 11.6 Å². The lowest BCUT2D eigenvalue weighted by atomic mass is 10.1.